The first kappa shape index (κ1) is 8.26. The summed E-state index contributed by atoms with van der Waals surface area (Å²) in [6.07, 6.45) is 8.44. The summed E-state index contributed by atoms with van der Waals surface area (Å²) in [6.45, 7) is 4.97. The number of terminal acetylenes is 1. The van der Waals surface area contributed by atoms with Crippen LogP contribution in [0.25, 0.3) is 0 Å². The van der Waals surface area contributed by atoms with E-state index in [1.165, 1.54) is 0 Å². The Morgan fingerprint density at radius 2 is 2.33 bits per heavy atom. The molecule has 0 amide bonds. The van der Waals surface area contributed by atoms with E-state index in [4.69, 9.17) is 11.2 Å². The van der Waals surface area contributed by atoms with Gasteiger partial charge in [0.15, 0.2) is 0 Å². The van der Waals surface area contributed by atoms with Crippen molar-refractivity contribution in [2.75, 3.05) is 13.2 Å². The van der Waals surface area contributed by atoms with Crippen molar-refractivity contribution in [2.45, 2.75) is 12.8 Å². The summed E-state index contributed by atoms with van der Waals surface area (Å²) >= 11 is 0. The van der Waals surface area contributed by atoms with E-state index in [-0.39, 0.29) is 0 Å². The minimum Gasteiger partial charge on any atom is -0.380 e. The van der Waals surface area contributed by atoms with Gasteiger partial charge in [-0.15, -0.1) is 18.9 Å². The molecule has 0 aliphatic carbocycles. The molecule has 0 unspecified atom stereocenters. The normalized spacial score (nSPS) is 8.33. The SMILES string of the molecule is C#CCCOCCC=C. The molecule has 0 rings (SSSR count). The second-order valence-electron chi connectivity index (χ2n) is 1.64. The fourth-order valence-corrected chi connectivity index (χ4v) is 0.400. The zero-order valence-electron chi connectivity index (χ0n) is 5.60. The molecule has 0 radical (unpaired) electrons. The molecule has 50 valence electrons. The van der Waals surface area contributed by atoms with Gasteiger partial charge in [-0.25, -0.2) is 0 Å². The Hall–Kier alpha value is -0.740. The van der Waals surface area contributed by atoms with Crippen LogP contribution in [0.3, 0.4) is 0 Å². The van der Waals surface area contributed by atoms with Gasteiger partial charge in [-0.1, -0.05) is 6.08 Å². The van der Waals surface area contributed by atoms with Crippen LogP contribution in [0.1, 0.15) is 12.8 Å². The summed E-state index contributed by atoms with van der Waals surface area (Å²) in [5, 5.41) is 0. The maximum atomic E-state index is 5.10. The summed E-state index contributed by atoms with van der Waals surface area (Å²) in [4.78, 5) is 0. The van der Waals surface area contributed by atoms with Crippen LogP contribution in [-0.2, 0) is 4.74 Å². The highest BCUT2D eigenvalue weighted by Crippen LogP contribution is 1.84. The van der Waals surface area contributed by atoms with Gasteiger partial charge in [0.2, 0.25) is 0 Å². The van der Waals surface area contributed by atoms with Gasteiger partial charge in [-0.2, -0.15) is 0 Å². The molecule has 1 heteroatoms. The maximum Gasteiger partial charge on any atom is 0.0575 e. The Morgan fingerprint density at radius 3 is 2.89 bits per heavy atom. The average Bonchev–Trinajstić information content (AvgIpc) is 1.89. The Balaban J connectivity index is 2.76. The molecule has 0 N–H and O–H groups in total. The monoisotopic (exact) mass is 124 g/mol. The van der Waals surface area contributed by atoms with Crippen molar-refractivity contribution in [3.63, 3.8) is 0 Å². The summed E-state index contributed by atoms with van der Waals surface area (Å²) in [7, 11) is 0. The van der Waals surface area contributed by atoms with Crippen LogP contribution >= 0.6 is 0 Å². The topological polar surface area (TPSA) is 9.23 Å². The second-order valence-corrected chi connectivity index (χ2v) is 1.64. The standard InChI is InChI=1S/C8H12O/c1-3-5-7-9-8-6-4-2/h1,4H,2,5-8H2. The summed E-state index contributed by atoms with van der Waals surface area (Å²) < 4.78 is 5.10. The fourth-order valence-electron chi connectivity index (χ4n) is 0.400. The number of hydrogen-bond acceptors (Lipinski definition) is 1. The van der Waals surface area contributed by atoms with Gasteiger partial charge in [0.05, 0.1) is 13.2 Å². The molecule has 0 aromatic carbocycles. The predicted octanol–water partition coefficient (Wildman–Crippen LogP) is 1.60. The zero-order valence-corrected chi connectivity index (χ0v) is 5.60. The van der Waals surface area contributed by atoms with Gasteiger partial charge >= 0.3 is 0 Å². The van der Waals surface area contributed by atoms with Crippen molar-refractivity contribution in [2.24, 2.45) is 0 Å². The van der Waals surface area contributed by atoms with Crippen LogP contribution in [0, 0.1) is 12.3 Å². The molecule has 0 heterocycles. The Kier molecular flexibility index (Phi) is 6.66. The largest absolute Gasteiger partial charge is 0.380 e. The van der Waals surface area contributed by atoms with Crippen LogP contribution in [0.15, 0.2) is 12.7 Å². The molecule has 0 aromatic rings. The van der Waals surface area contributed by atoms with E-state index >= 15 is 0 Å². The van der Waals surface area contributed by atoms with E-state index in [2.05, 4.69) is 12.5 Å². The lowest BCUT2D eigenvalue weighted by Gasteiger charge is -1.95. The van der Waals surface area contributed by atoms with Crippen molar-refractivity contribution in [3.8, 4) is 12.3 Å². The Morgan fingerprint density at radius 1 is 1.56 bits per heavy atom. The lowest BCUT2D eigenvalue weighted by Crippen LogP contribution is -1.93. The maximum absolute atomic E-state index is 5.10. The quantitative estimate of drug-likeness (QED) is 0.307. The molecule has 0 bridgehead atoms. The Labute approximate surface area is 56.7 Å². The molecule has 0 spiro atoms. The second kappa shape index (κ2) is 7.26. The van der Waals surface area contributed by atoms with Crippen molar-refractivity contribution in [1.29, 1.82) is 0 Å². The fraction of sp³-hybridized carbons (Fsp3) is 0.500. The van der Waals surface area contributed by atoms with E-state index < -0.39 is 0 Å². The molecule has 9 heavy (non-hydrogen) atoms. The van der Waals surface area contributed by atoms with Gasteiger partial charge in [-0.3, -0.25) is 0 Å². The first-order chi connectivity index (χ1) is 4.41. The smallest absolute Gasteiger partial charge is 0.0575 e. The first-order valence-corrected chi connectivity index (χ1v) is 3.04. The zero-order chi connectivity index (χ0) is 6.95. The van der Waals surface area contributed by atoms with Crippen LogP contribution in [-0.4, -0.2) is 13.2 Å². The molecule has 0 atom stereocenters. The van der Waals surface area contributed by atoms with Gasteiger partial charge in [-0.05, 0) is 6.42 Å². The molecule has 0 saturated heterocycles. The number of hydrogen-bond donors (Lipinski definition) is 0. The van der Waals surface area contributed by atoms with E-state index in [0.717, 1.165) is 13.0 Å². The third-order valence-corrected chi connectivity index (χ3v) is 0.857. The van der Waals surface area contributed by atoms with Crippen LogP contribution in [0.2, 0.25) is 0 Å². The van der Waals surface area contributed by atoms with Crippen LogP contribution in [0.5, 0.6) is 0 Å². The molecule has 1 nitrogen and oxygen atoms in total. The molecule has 0 fully saturated rings. The molecule has 0 saturated carbocycles. The third-order valence-electron chi connectivity index (χ3n) is 0.857. The van der Waals surface area contributed by atoms with E-state index in [1.807, 2.05) is 6.08 Å². The highest BCUT2D eigenvalue weighted by atomic mass is 16.5. The molecular weight excluding hydrogens is 112 g/mol. The van der Waals surface area contributed by atoms with Crippen LogP contribution < -0.4 is 0 Å². The summed E-state index contributed by atoms with van der Waals surface area (Å²) in [5.41, 5.74) is 0. The lowest BCUT2D eigenvalue weighted by molar-refractivity contribution is 0.145. The minimum atomic E-state index is 0.671. The molecular formula is C8H12O. The van der Waals surface area contributed by atoms with Crippen molar-refractivity contribution in [3.05, 3.63) is 12.7 Å². The van der Waals surface area contributed by atoms with Crippen molar-refractivity contribution >= 4 is 0 Å². The van der Waals surface area contributed by atoms with Crippen molar-refractivity contribution < 1.29 is 4.74 Å². The van der Waals surface area contributed by atoms with E-state index in [0.29, 0.717) is 13.0 Å². The highest BCUT2D eigenvalue weighted by Gasteiger charge is 1.81. The van der Waals surface area contributed by atoms with Gasteiger partial charge < -0.3 is 4.74 Å². The van der Waals surface area contributed by atoms with Gasteiger partial charge in [0.1, 0.15) is 0 Å². The molecule has 0 aliphatic rings. The predicted molar refractivity (Wildman–Crippen MR) is 39.1 cm³/mol. The number of ether oxygens (including phenoxy) is 1. The number of rotatable bonds is 5. The first-order valence-electron chi connectivity index (χ1n) is 3.04. The lowest BCUT2D eigenvalue weighted by atomic mass is 10.4. The summed E-state index contributed by atoms with van der Waals surface area (Å²) in [5.74, 6) is 2.49. The average molecular weight is 124 g/mol. The van der Waals surface area contributed by atoms with E-state index in [9.17, 15) is 0 Å². The third kappa shape index (κ3) is 7.26. The molecule has 0 aromatic heterocycles. The van der Waals surface area contributed by atoms with E-state index in [1.54, 1.807) is 0 Å². The van der Waals surface area contributed by atoms with Crippen LogP contribution in [0.4, 0.5) is 0 Å². The van der Waals surface area contributed by atoms with Gasteiger partial charge in [0.25, 0.3) is 0 Å². The highest BCUT2D eigenvalue weighted by molar-refractivity contribution is 4.82. The summed E-state index contributed by atoms with van der Waals surface area (Å²) in [6, 6.07) is 0. The Bertz CT molecular complexity index is 99.6. The van der Waals surface area contributed by atoms with Crippen molar-refractivity contribution in [1.82, 2.24) is 0 Å². The van der Waals surface area contributed by atoms with Gasteiger partial charge in [0, 0.05) is 6.42 Å². The molecule has 0 aliphatic heterocycles. The minimum absolute atomic E-state index is 0.671.